The van der Waals surface area contributed by atoms with Gasteiger partial charge in [-0.15, -0.1) is 11.3 Å². The molecular formula is C14H20N4S. The molecule has 4 nitrogen and oxygen atoms in total. The molecule has 0 radical (unpaired) electrons. The van der Waals surface area contributed by atoms with Gasteiger partial charge in [-0.2, -0.15) is 4.98 Å². The molecule has 1 fully saturated rings. The minimum absolute atomic E-state index is 0.209. The number of anilines is 2. The standard InChI is InChI=1S/C14H20N4S/c1-4-15-13-16-11(18-14(3)6-5-7-14)10-8-9(2)19-12(10)17-13/h8H,4-7H2,1-3H3,(H2,15,16,17,18). The Hall–Kier alpha value is -1.36. The monoisotopic (exact) mass is 276 g/mol. The van der Waals surface area contributed by atoms with Crippen molar-refractivity contribution in [1.29, 1.82) is 0 Å². The summed E-state index contributed by atoms with van der Waals surface area (Å²) >= 11 is 1.73. The number of rotatable bonds is 4. The Morgan fingerprint density at radius 1 is 1.37 bits per heavy atom. The summed E-state index contributed by atoms with van der Waals surface area (Å²) in [5.74, 6) is 1.70. The van der Waals surface area contributed by atoms with Crippen molar-refractivity contribution in [2.75, 3.05) is 17.2 Å². The van der Waals surface area contributed by atoms with Gasteiger partial charge in [-0.05, 0) is 46.1 Å². The van der Waals surface area contributed by atoms with Crippen molar-refractivity contribution in [3.8, 4) is 0 Å². The lowest BCUT2D eigenvalue weighted by Crippen LogP contribution is -2.42. The number of fused-ring (bicyclic) bond motifs is 1. The van der Waals surface area contributed by atoms with Gasteiger partial charge in [0.05, 0.1) is 5.39 Å². The molecule has 2 N–H and O–H groups in total. The van der Waals surface area contributed by atoms with Crippen LogP contribution in [0.4, 0.5) is 11.8 Å². The molecule has 19 heavy (non-hydrogen) atoms. The van der Waals surface area contributed by atoms with Gasteiger partial charge in [-0.3, -0.25) is 0 Å². The second-order valence-corrected chi connectivity index (χ2v) is 6.78. The van der Waals surface area contributed by atoms with E-state index < -0.39 is 0 Å². The van der Waals surface area contributed by atoms with Crippen LogP contribution in [0.2, 0.25) is 0 Å². The Bertz CT molecular complexity index is 601. The average Bonchev–Trinajstić information content (AvgIpc) is 2.68. The zero-order chi connectivity index (χ0) is 13.5. The van der Waals surface area contributed by atoms with E-state index in [-0.39, 0.29) is 5.54 Å². The molecule has 0 amide bonds. The number of nitrogens with one attached hydrogen (secondary N) is 2. The summed E-state index contributed by atoms with van der Waals surface area (Å²) in [6.45, 7) is 7.30. The molecule has 5 heteroatoms. The first-order chi connectivity index (χ1) is 9.09. The van der Waals surface area contributed by atoms with Crippen LogP contribution in [0.25, 0.3) is 10.2 Å². The Kier molecular flexibility index (Phi) is 3.09. The van der Waals surface area contributed by atoms with Crippen molar-refractivity contribution < 1.29 is 0 Å². The predicted octanol–water partition coefficient (Wildman–Crippen LogP) is 3.79. The normalized spacial score (nSPS) is 17.2. The van der Waals surface area contributed by atoms with Crippen LogP contribution in [0.5, 0.6) is 0 Å². The summed E-state index contributed by atoms with van der Waals surface area (Å²) in [6, 6.07) is 2.18. The molecule has 1 aliphatic rings. The maximum Gasteiger partial charge on any atom is 0.226 e. The number of hydrogen-bond donors (Lipinski definition) is 2. The van der Waals surface area contributed by atoms with Crippen LogP contribution in [0.15, 0.2) is 6.07 Å². The molecule has 2 aromatic heterocycles. The average molecular weight is 276 g/mol. The van der Waals surface area contributed by atoms with Crippen LogP contribution >= 0.6 is 11.3 Å². The molecule has 0 saturated heterocycles. The van der Waals surface area contributed by atoms with E-state index in [9.17, 15) is 0 Å². The molecule has 102 valence electrons. The first-order valence-corrected chi connectivity index (χ1v) is 7.71. The summed E-state index contributed by atoms with van der Waals surface area (Å²) < 4.78 is 0. The van der Waals surface area contributed by atoms with Crippen molar-refractivity contribution in [3.05, 3.63) is 10.9 Å². The minimum atomic E-state index is 0.209. The number of aryl methyl sites for hydroxylation is 1. The molecule has 0 unspecified atom stereocenters. The summed E-state index contributed by atoms with van der Waals surface area (Å²) in [7, 11) is 0. The van der Waals surface area contributed by atoms with E-state index in [0.29, 0.717) is 0 Å². The van der Waals surface area contributed by atoms with E-state index in [4.69, 9.17) is 0 Å². The maximum absolute atomic E-state index is 4.64. The van der Waals surface area contributed by atoms with Crippen LogP contribution in [0.1, 0.15) is 38.0 Å². The van der Waals surface area contributed by atoms with Gasteiger partial charge in [0.15, 0.2) is 0 Å². The van der Waals surface area contributed by atoms with E-state index in [1.54, 1.807) is 11.3 Å². The topological polar surface area (TPSA) is 49.8 Å². The third kappa shape index (κ3) is 2.39. The lowest BCUT2D eigenvalue weighted by Gasteiger charge is -2.39. The predicted molar refractivity (Wildman–Crippen MR) is 82.2 cm³/mol. The maximum atomic E-state index is 4.64. The molecule has 0 aliphatic heterocycles. The van der Waals surface area contributed by atoms with Crippen LogP contribution in [-0.4, -0.2) is 22.1 Å². The van der Waals surface area contributed by atoms with Gasteiger partial charge in [0.2, 0.25) is 5.95 Å². The highest BCUT2D eigenvalue weighted by Crippen LogP contribution is 2.37. The van der Waals surface area contributed by atoms with Gasteiger partial charge in [0, 0.05) is 17.0 Å². The van der Waals surface area contributed by atoms with Gasteiger partial charge in [0.25, 0.3) is 0 Å². The second-order valence-electron chi connectivity index (χ2n) is 5.54. The van der Waals surface area contributed by atoms with E-state index >= 15 is 0 Å². The summed E-state index contributed by atoms with van der Waals surface area (Å²) in [4.78, 5) is 11.6. The second kappa shape index (κ2) is 4.63. The smallest absolute Gasteiger partial charge is 0.226 e. The van der Waals surface area contributed by atoms with Crippen molar-refractivity contribution >= 4 is 33.3 Å². The fraction of sp³-hybridized carbons (Fsp3) is 0.571. The molecular weight excluding hydrogens is 256 g/mol. The van der Waals surface area contributed by atoms with Crippen LogP contribution in [0, 0.1) is 6.92 Å². The summed E-state index contributed by atoms with van der Waals surface area (Å²) in [5.41, 5.74) is 0.209. The third-order valence-electron chi connectivity index (χ3n) is 3.73. The van der Waals surface area contributed by atoms with E-state index in [1.165, 1.54) is 24.1 Å². The first kappa shape index (κ1) is 12.7. The quantitative estimate of drug-likeness (QED) is 0.892. The highest BCUT2D eigenvalue weighted by Gasteiger charge is 2.32. The Morgan fingerprint density at radius 3 is 2.79 bits per heavy atom. The molecule has 2 aromatic rings. The lowest BCUT2D eigenvalue weighted by atomic mass is 9.78. The molecule has 0 aromatic carbocycles. The number of aromatic nitrogens is 2. The first-order valence-electron chi connectivity index (χ1n) is 6.90. The zero-order valence-electron chi connectivity index (χ0n) is 11.7. The lowest BCUT2D eigenvalue weighted by molar-refractivity contribution is 0.306. The molecule has 0 bridgehead atoms. The Balaban J connectivity index is 2.03. The van der Waals surface area contributed by atoms with Crippen LogP contribution in [-0.2, 0) is 0 Å². The Morgan fingerprint density at radius 2 is 2.16 bits per heavy atom. The van der Waals surface area contributed by atoms with Gasteiger partial charge in [0.1, 0.15) is 10.6 Å². The number of hydrogen-bond acceptors (Lipinski definition) is 5. The van der Waals surface area contributed by atoms with E-state index in [2.05, 4.69) is 47.4 Å². The molecule has 1 aliphatic carbocycles. The van der Waals surface area contributed by atoms with Gasteiger partial charge in [-0.1, -0.05) is 0 Å². The van der Waals surface area contributed by atoms with Crippen molar-refractivity contribution in [2.24, 2.45) is 0 Å². The van der Waals surface area contributed by atoms with Crippen molar-refractivity contribution in [3.63, 3.8) is 0 Å². The van der Waals surface area contributed by atoms with E-state index in [0.717, 1.165) is 28.5 Å². The van der Waals surface area contributed by atoms with Gasteiger partial charge < -0.3 is 10.6 Å². The van der Waals surface area contributed by atoms with Crippen LogP contribution in [0.3, 0.4) is 0 Å². The van der Waals surface area contributed by atoms with Crippen molar-refractivity contribution in [2.45, 2.75) is 45.6 Å². The third-order valence-corrected chi connectivity index (χ3v) is 4.67. The molecule has 3 rings (SSSR count). The number of nitrogens with zero attached hydrogens (tertiary/aromatic N) is 2. The fourth-order valence-electron chi connectivity index (χ4n) is 2.49. The van der Waals surface area contributed by atoms with E-state index in [1.807, 2.05) is 0 Å². The molecule has 0 atom stereocenters. The largest absolute Gasteiger partial charge is 0.364 e. The van der Waals surface area contributed by atoms with Gasteiger partial charge >= 0.3 is 0 Å². The highest BCUT2D eigenvalue weighted by atomic mass is 32.1. The summed E-state index contributed by atoms with van der Waals surface area (Å²) in [6.07, 6.45) is 3.75. The minimum Gasteiger partial charge on any atom is -0.364 e. The molecule has 0 spiro atoms. The van der Waals surface area contributed by atoms with Crippen LogP contribution < -0.4 is 10.6 Å². The number of thiophene rings is 1. The Labute approximate surface area is 117 Å². The fourth-order valence-corrected chi connectivity index (χ4v) is 3.37. The highest BCUT2D eigenvalue weighted by molar-refractivity contribution is 7.18. The van der Waals surface area contributed by atoms with Crippen molar-refractivity contribution in [1.82, 2.24) is 9.97 Å². The molecule has 1 saturated carbocycles. The zero-order valence-corrected chi connectivity index (χ0v) is 12.5. The van der Waals surface area contributed by atoms with Gasteiger partial charge in [-0.25, -0.2) is 4.98 Å². The molecule has 2 heterocycles. The SMILES string of the molecule is CCNc1nc(NC2(C)CCC2)c2cc(C)sc2n1. The summed E-state index contributed by atoms with van der Waals surface area (Å²) in [5, 5.41) is 7.99.